The Bertz CT molecular complexity index is 381. The number of nitrogen functional groups attached to an aromatic ring is 1. The highest BCUT2D eigenvalue weighted by Gasteiger charge is 2.13. The van der Waals surface area contributed by atoms with Crippen LogP contribution in [0.4, 0.5) is 5.69 Å². The van der Waals surface area contributed by atoms with Crippen molar-refractivity contribution >= 4 is 13.7 Å². The van der Waals surface area contributed by atoms with Crippen molar-refractivity contribution in [2.75, 3.05) is 12.8 Å². The third kappa shape index (κ3) is 3.26. The number of rotatable bonds is 5. The third-order valence-electron chi connectivity index (χ3n) is 2.62. The smallest absolute Gasteiger partial charge is 0.192 e. The second-order valence-corrected chi connectivity index (χ2v) is 5.22. The molecule has 0 amide bonds. The predicted octanol–water partition coefficient (Wildman–Crippen LogP) is 2.07. The molecule has 0 spiro atoms. The van der Waals surface area contributed by atoms with Crippen LogP contribution in [0, 0.1) is 0 Å². The van der Waals surface area contributed by atoms with Gasteiger partial charge in [-0.2, -0.15) is 0 Å². The Kier molecular flexibility index (Phi) is 4.84. The molecule has 0 aliphatic rings. The first-order chi connectivity index (χ1) is 7.58. The Morgan fingerprint density at radius 2 is 2.25 bits per heavy atom. The Morgan fingerprint density at radius 3 is 2.75 bits per heavy atom. The number of hydrogen-bond acceptors (Lipinski definition) is 3. The molecule has 0 radical (unpaired) electrons. The lowest BCUT2D eigenvalue weighted by Gasteiger charge is -2.12. The normalized spacial score (nSPS) is 14.4. The lowest BCUT2D eigenvalue weighted by molar-refractivity contribution is 0.416. The molecule has 2 atom stereocenters. The van der Waals surface area contributed by atoms with Crippen molar-refractivity contribution in [2.45, 2.75) is 25.4 Å². The third-order valence-corrected chi connectivity index (χ3v) is 3.93. The fourth-order valence-corrected chi connectivity index (χ4v) is 2.33. The van der Waals surface area contributed by atoms with Gasteiger partial charge in [0, 0.05) is 5.66 Å². The van der Waals surface area contributed by atoms with Crippen LogP contribution >= 0.6 is 8.03 Å². The zero-order chi connectivity index (χ0) is 12.1. The fourth-order valence-electron chi connectivity index (χ4n) is 1.57. The lowest BCUT2D eigenvalue weighted by atomic mass is 10.1. The topological polar surface area (TPSA) is 72.5 Å². The lowest BCUT2D eigenvalue weighted by Crippen LogP contribution is -2.05. The SMILES string of the molecule is CCC(Cc1ccc(N)c(OC)c1)[PH](=O)O. The molecule has 0 aliphatic carbocycles. The molecular weight excluding hydrogens is 225 g/mol. The van der Waals surface area contributed by atoms with E-state index < -0.39 is 8.03 Å². The monoisotopic (exact) mass is 243 g/mol. The van der Waals surface area contributed by atoms with Crippen LogP contribution in [-0.2, 0) is 11.0 Å². The van der Waals surface area contributed by atoms with E-state index in [4.69, 9.17) is 15.4 Å². The number of methoxy groups -OCH3 is 1. The van der Waals surface area contributed by atoms with Gasteiger partial charge in [0.1, 0.15) is 5.75 Å². The number of benzene rings is 1. The van der Waals surface area contributed by atoms with Crippen molar-refractivity contribution in [3.8, 4) is 5.75 Å². The Labute approximate surface area is 96.3 Å². The summed E-state index contributed by atoms with van der Waals surface area (Å²) < 4.78 is 16.2. The van der Waals surface area contributed by atoms with Crippen molar-refractivity contribution in [1.82, 2.24) is 0 Å². The van der Waals surface area contributed by atoms with Crippen LogP contribution in [0.3, 0.4) is 0 Å². The maximum atomic E-state index is 11.1. The van der Waals surface area contributed by atoms with Crippen molar-refractivity contribution < 1.29 is 14.2 Å². The Morgan fingerprint density at radius 1 is 1.56 bits per heavy atom. The van der Waals surface area contributed by atoms with E-state index in [2.05, 4.69) is 0 Å². The van der Waals surface area contributed by atoms with Gasteiger partial charge in [-0.15, -0.1) is 0 Å². The average Bonchev–Trinajstić information content (AvgIpc) is 2.27. The standard InChI is InChI=1S/C11H18NO3P/c1-3-9(16(13)14)6-8-4-5-10(12)11(7-8)15-2/h4-5,7,9,16H,3,6,12H2,1-2H3,(H,13,14). The summed E-state index contributed by atoms with van der Waals surface area (Å²) in [5.41, 5.74) is 7.08. The number of nitrogens with two attached hydrogens (primary N) is 1. The highest BCUT2D eigenvalue weighted by molar-refractivity contribution is 7.38. The van der Waals surface area contributed by atoms with Crippen LogP contribution in [0.15, 0.2) is 18.2 Å². The van der Waals surface area contributed by atoms with E-state index in [0.717, 1.165) is 5.56 Å². The minimum atomic E-state index is -2.47. The highest BCUT2D eigenvalue weighted by Crippen LogP contribution is 2.30. The second kappa shape index (κ2) is 5.92. The van der Waals surface area contributed by atoms with Gasteiger partial charge >= 0.3 is 0 Å². The molecule has 0 heterocycles. The van der Waals surface area contributed by atoms with Crippen molar-refractivity contribution in [3.63, 3.8) is 0 Å². The average molecular weight is 243 g/mol. The summed E-state index contributed by atoms with van der Waals surface area (Å²) in [7, 11) is -0.916. The van der Waals surface area contributed by atoms with E-state index in [1.54, 1.807) is 13.2 Å². The molecule has 90 valence electrons. The predicted molar refractivity (Wildman–Crippen MR) is 66.4 cm³/mol. The minimum Gasteiger partial charge on any atom is -0.495 e. The van der Waals surface area contributed by atoms with E-state index >= 15 is 0 Å². The van der Waals surface area contributed by atoms with Gasteiger partial charge < -0.3 is 15.4 Å². The van der Waals surface area contributed by atoms with Gasteiger partial charge in [0.25, 0.3) is 0 Å². The summed E-state index contributed by atoms with van der Waals surface area (Å²) in [6.07, 6.45) is 1.28. The number of anilines is 1. The summed E-state index contributed by atoms with van der Waals surface area (Å²) in [4.78, 5) is 9.14. The fraction of sp³-hybridized carbons (Fsp3) is 0.455. The van der Waals surface area contributed by atoms with Gasteiger partial charge in [-0.25, -0.2) is 0 Å². The van der Waals surface area contributed by atoms with Gasteiger partial charge in [0.05, 0.1) is 12.8 Å². The summed E-state index contributed by atoms with van der Waals surface area (Å²) in [5, 5.41) is 0. The molecule has 5 heteroatoms. The zero-order valence-corrected chi connectivity index (χ0v) is 10.6. The van der Waals surface area contributed by atoms with E-state index in [9.17, 15) is 4.57 Å². The molecule has 0 bridgehead atoms. The highest BCUT2D eigenvalue weighted by atomic mass is 31.1. The largest absolute Gasteiger partial charge is 0.495 e. The molecule has 1 rings (SSSR count). The first-order valence-electron chi connectivity index (χ1n) is 5.23. The Hall–Kier alpha value is -0.990. The molecule has 0 aromatic heterocycles. The molecule has 1 aromatic carbocycles. The van der Waals surface area contributed by atoms with Crippen LogP contribution in [0.2, 0.25) is 0 Å². The van der Waals surface area contributed by atoms with Crippen LogP contribution in [0.25, 0.3) is 0 Å². The second-order valence-electron chi connectivity index (χ2n) is 3.72. The van der Waals surface area contributed by atoms with Crippen molar-refractivity contribution in [3.05, 3.63) is 23.8 Å². The van der Waals surface area contributed by atoms with Gasteiger partial charge in [-0.1, -0.05) is 13.0 Å². The molecular formula is C11H18NO3P. The molecule has 3 N–H and O–H groups in total. The Balaban J connectivity index is 2.84. The van der Waals surface area contributed by atoms with E-state index in [-0.39, 0.29) is 5.66 Å². The first kappa shape index (κ1) is 13.1. The van der Waals surface area contributed by atoms with Crippen molar-refractivity contribution in [1.29, 1.82) is 0 Å². The molecule has 2 unspecified atom stereocenters. The summed E-state index contributed by atoms with van der Waals surface area (Å²) >= 11 is 0. The van der Waals surface area contributed by atoms with Gasteiger partial charge in [0.15, 0.2) is 8.03 Å². The van der Waals surface area contributed by atoms with E-state index in [1.165, 1.54) is 0 Å². The number of hydrogen-bond donors (Lipinski definition) is 2. The summed E-state index contributed by atoms with van der Waals surface area (Å²) in [5.74, 6) is 0.616. The molecule has 0 fully saturated rings. The number of ether oxygens (including phenoxy) is 1. The summed E-state index contributed by atoms with van der Waals surface area (Å²) in [6, 6.07) is 5.45. The van der Waals surface area contributed by atoms with Crippen LogP contribution < -0.4 is 10.5 Å². The molecule has 0 saturated heterocycles. The minimum absolute atomic E-state index is 0.168. The van der Waals surface area contributed by atoms with Crippen molar-refractivity contribution in [2.24, 2.45) is 0 Å². The van der Waals surface area contributed by atoms with Gasteiger partial charge in [0.2, 0.25) is 0 Å². The van der Waals surface area contributed by atoms with Crippen LogP contribution in [0.5, 0.6) is 5.75 Å². The maximum Gasteiger partial charge on any atom is 0.192 e. The molecule has 0 saturated carbocycles. The quantitative estimate of drug-likeness (QED) is 0.613. The van der Waals surface area contributed by atoms with Gasteiger partial charge in [-0.05, 0) is 30.5 Å². The molecule has 1 aromatic rings. The summed E-state index contributed by atoms with van der Waals surface area (Å²) in [6.45, 7) is 1.91. The van der Waals surface area contributed by atoms with E-state index in [1.807, 2.05) is 19.1 Å². The van der Waals surface area contributed by atoms with Crippen LogP contribution in [-0.4, -0.2) is 17.7 Å². The van der Waals surface area contributed by atoms with E-state index in [0.29, 0.717) is 24.3 Å². The van der Waals surface area contributed by atoms with Crippen LogP contribution in [0.1, 0.15) is 18.9 Å². The maximum absolute atomic E-state index is 11.1. The first-order valence-corrected chi connectivity index (χ1v) is 6.67. The molecule has 0 aliphatic heterocycles. The molecule has 16 heavy (non-hydrogen) atoms. The molecule has 4 nitrogen and oxygen atoms in total. The van der Waals surface area contributed by atoms with Gasteiger partial charge in [-0.3, -0.25) is 4.57 Å². The zero-order valence-electron chi connectivity index (χ0n) is 9.56.